The number of rotatable bonds is 2. The summed E-state index contributed by atoms with van der Waals surface area (Å²) in [7, 11) is 0. The number of alkyl halides is 3. The van der Waals surface area contributed by atoms with Crippen LogP contribution >= 0.6 is 22.7 Å². The highest BCUT2D eigenvalue weighted by Gasteiger charge is 2.36. The third-order valence-electron chi connectivity index (χ3n) is 4.86. The number of anilines is 1. The molecule has 0 saturated heterocycles. The van der Waals surface area contributed by atoms with E-state index in [0.29, 0.717) is 20.7 Å². The Morgan fingerprint density at radius 1 is 1.03 bits per heavy atom. The van der Waals surface area contributed by atoms with Crippen LogP contribution in [0.4, 0.5) is 19.0 Å². The lowest BCUT2D eigenvalue weighted by atomic mass is 9.99. The number of nitrogens with zero attached hydrogens (tertiary/aromatic N) is 3. The fourth-order valence-electron chi connectivity index (χ4n) is 3.54. The van der Waals surface area contributed by atoms with E-state index in [-0.39, 0.29) is 32.8 Å². The molecule has 4 nitrogen and oxygen atoms in total. The quantitative estimate of drug-likeness (QED) is 0.323. The zero-order valence-corrected chi connectivity index (χ0v) is 17.2. The standard InChI is InChI=1S/C22H11F3N4S2/c23-22(24,25)13-9-14(15-7-4-8-30-15)28-21-17(13)18-19(31-21)16(11-5-2-1-3-6-11)12(10-26)20(27)29-18/h1-9H,(H2,27,29). The van der Waals surface area contributed by atoms with Gasteiger partial charge in [-0.1, -0.05) is 36.4 Å². The molecule has 0 radical (unpaired) electrons. The van der Waals surface area contributed by atoms with Crippen molar-refractivity contribution >= 4 is 48.9 Å². The Balaban J connectivity index is 1.97. The molecule has 31 heavy (non-hydrogen) atoms. The normalized spacial score (nSPS) is 11.8. The molecule has 0 fully saturated rings. The van der Waals surface area contributed by atoms with E-state index in [4.69, 9.17) is 5.73 Å². The summed E-state index contributed by atoms with van der Waals surface area (Å²) in [5, 5.41) is 11.4. The van der Waals surface area contributed by atoms with E-state index in [1.807, 2.05) is 6.07 Å². The van der Waals surface area contributed by atoms with Gasteiger partial charge in [-0.25, -0.2) is 9.97 Å². The largest absolute Gasteiger partial charge is 0.417 e. The number of pyridine rings is 2. The van der Waals surface area contributed by atoms with Crippen molar-refractivity contribution < 1.29 is 13.2 Å². The number of hydrogen-bond donors (Lipinski definition) is 1. The molecule has 0 amide bonds. The molecule has 0 saturated carbocycles. The van der Waals surface area contributed by atoms with Crippen LogP contribution in [0.3, 0.4) is 0 Å². The van der Waals surface area contributed by atoms with E-state index in [1.54, 1.807) is 41.8 Å². The van der Waals surface area contributed by atoms with Crippen molar-refractivity contribution in [3.8, 4) is 27.8 Å². The lowest BCUT2D eigenvalue weighted by molar-refractivity contribution is -0.136. The fraction of sp³-hybridized carbons (Fsp3) is 0.0455. The van der Waals surface area contributed by atoms with Gasteiger partial charge in [0, 0.05) is 5.56 Å². The molecule has 0 atom stereocenters. The first-order valence-electron chi connectivity index (χ1n) is 9.02. The van der Waals surface area contributed by atoms with E-state index in [1.165, 1.54) is 11.3 Å². The van der Waals surface area contributed by atoms with Gasteiger partial charge in [0.2, 0.25) is 0 Å². The van der Waals surface area contributed by atoms with Gasteiger partial charge in [-0.05, 0) is 23.1 Å². The van der Waals surface area contributed by atoms with E-state index >= 15 is 0 Å². The van der Waals surface area contributed by atoms with Crippen LogP contribution in [0.15, 0.2) is 53.9 Å². The third-order valence-corrected chi connectivity index (χ3v) is 6.84. The molecule has 5 rings (SSSR count). The molecule has 152 valence electrons. The molecule has 0 aliphatic carbocycles. The maximum atomic E-state index is 14.1. The Hall–Kier alpha value is -3.48. The lowest BCUT2D eigenvalue weighted by Gasteiger charge is -2.11. The second-order valence-electron chi connectivity index (χ2n) is 6.71. The predicted octanol–water partition coefficient (Wildman–Crippen LogP) is 6.71. The minimum absolute atomic E-state index is 0.0961. The van der Waals surface area contributed by atoms with Crippen LogP contribution in [-0.4, -0.2) is 9.97 Å². The molecule has 0 unspecified atom stereocenters. The van der Waals surface area contributed by atoms with Crippen LogP contribution in [0.1, 0.15) is 11.1 Å². The van der Waals surface area contributed by atoms with Crippen LogP contribution < -0.4 is 5.73 Å². The van der Waals surface area contributed by atoms with Gasteiger partial charge in [0.1, 0.15) is 22.3 Å². The Labute approximate surface area is 182 Å². The Bertz CT molecular complexity index is 1480. The fourth-order valence-corrected chi connectivity index (χ4v) is 5.44. The second-order valence-corrected chi connectivity index (χ2v) is 8.66. The minimum Gasteiger partial charge on any atom is -0.383 e. The van der Waals surface area contributed by atoms with Crippen LogP contribution in [0.25, 0.3) is 42.1 Å². The maximum absolute atomic E-state index is 14.1. The number of halogens is 3. The van der Waals surface area contributed by atoms with Gasteiger partial charge in [-0.15, -0.1) is 22.7 Å². The number of nitrogen functional groups attached to an aromatic ring is 1. The second kappa shape index (κ2) is 7.04. The van der Waals surface area contributed by atoms with Gasteiger partial charge < -0.3 is 5.73 Å². The monoisotopic (exact) mass is 452 g/mol. The minimum atomic E-state index is -4.61. The zero-order valence-electron chi connectivity index (χ0n) is 15.6. The van der Waals surface area contributed by atoms with Crippen LogP contribution in [0.5, 0.6) is 0 Å². The molecule has 0 aliphatic heterocycles. The van der Waals surface area contributed by atoms with Crippen LogP contribution in [0, 0.1) is 11.3 Å². The number of nitrogens with two attached hydrogens (primary N) is 1. The van der Waals surface area contributed by atoms with Crippen LogP contribution in [0.2, 0.25) is 0 Å². The molecule has 1 aromatic carbocycles. The van der Waals surface area contributed by atoms with Crippen molar-refractivity contribution in [3.63, 3.8) is 0 Å². The van der Waals surface area contributed by atoms with Crippen molar-refractivity contribution in [1.29, 1.82) is 5.26 Å². The maximum Gasteiger partial charge on any atom is 0.417 e. The molecule has 4 heterocycles. The average molecular weight is 452 g/mol. The topological polar surface area (TPSA) is 75.6 Å². The first kappa shape index (κ1) is 19.5. The Kier molecular flexibility index (Phi) is 4.43. The first-order valence-corrected chi connectivity index (χ1v) is 10.7. The Morgan fingerprint density at radius 3 is 2.45 bits per heavy atom. The zero-order chi connectivity index (χ0) is 21.8. The van der Waals surface area contributed by atoms with E-state index in [2.05, 4.69) is 16.0 Å². The molecular formula is C22H11F3N4S2. The molecule has 5 aromatic rings. The predicted molar refractivity (Wildman–Crippen MR) is 118 cm³/mol. The van der Waals surface area contributed by atoms with Gasteiger partial charge in [0.05, 0.1) is 31.7 Å². The number of hydrogen-bond acceptors (Lipinski definition) is 6. The highest BCUT2D eigenvalue weighted by molar-refractivity contribution is 7.26. The molecule has 9 heteroatoms. The summed E-state index contributed by atoms with van der Waals surface area (Å²) in [4.78, 5) is 9.57. The number of aromatic nitrogens is 2. The summed E-state index contributed by atoms with van der Waals surface area (Å²) in [5.74, 6) is -0.107. The van der Waals surface area contributed by atoms with E-state index in [9.17, 15) is 18.4 Å². The van der Waals surface area contributed by atoms with E-state index in [0.717, 1.165) is 17.4 Å². The average Bonchev–Trinajstić information content (AvgIpc) is 3.40. The summed E-state index contributed by atoms with van der Waals surface area (Å²) in [5.41, 5.74) is 6.84. The van der Waals surface area contributed by atoms with Crippen molar-refractivity contribution in [2.24, 2.45) is 0 Å². The van der Waals surface area contributed by atoms with Crippen molar-refractivity contribution in [2.75, 3.05) is 5.73 Å². The van der Waals surface area contributed by atoms with Gasteiger partial charge >= 0.3 is 6.18 Å². The number of fused-ring (bicyclic) bond motifs is 3. The van der Waals surface area contributed by atoms with Gasteiger partial charge in [0.15, 0.2) is 0 Å². The summed E-state index contributed by atoms with van der Waals surface area (Å²) >= 11 is 2.40. The SMILES string of the molecule is N#Cc1c(N)nc2c(sc3nc(-c4cccs4)cc(C(F)(F)F)c32)c1-c1ccccc1. The number of thiophene rings is 2. The van der Waals surface area contributed by atoms with Crippen molar-refractivity contribution in [3.05, 3.63) is 65.0 Å². The van der Waals surface area contributed by atoms with Crippen LogP contribution in [-0.2, 0) is 6.18 Å². The molecule has 0 bridgehead atoms. The van der Waals surface area contributed by atoms with Crippen molar-refractivity contribution in [2.45, 2.75) is 6.18 Å². The highest BCUT2D eigenvalue weighted by atomic mass is 32.1. The molecule has 0 aliphatic rings. The summed E-state index contributed by atoms with van der Waals surface area (Å²) < 4.78 is 42.7. The third kappa shape index (κ3) is 3.12. The Morgan fingerprint density at radius 2 is 1.81 bits per heavy atom. The number of benzene rings is 1. The molecule has 4 aromatic heterocycles. The van der Waals surface area contributed by atoms with E-state index < -0.39 is 11.7 Å². The molecule has 2 N–H and O–H groups in total. The van der Waals surface area contributed by atoms with Gasteiger partial charge in [-0.2, -0.15) is 18.4 Å². The first-order chi connectivity index (χ1) is 14.9. The van der Waals surface area contributed by atoms with Crippen molar-refractivity contribution in [1.82, 2.24) is 9.97 Å². The number of nitriles is 1. The summed E-state index contributed by atoms with van der Waals surface area (Å²) in [6.45, 7) is 0. The smallest absolute Gasteiger partial charge is 0.383 e. The highest BCUT2D eigenvalue weighted by Crippen LogP contribution is 2.47. The summed E-state index contributed by atoms with van der Waals surface area (Å²) in [6, 6.07) is 15.6. The lowest BCUT2D eigenvalue weighted by Crippen LogP contribution is -2.07. The molecule has 0 spiro atoms. The van der Waals surface area contributed by atoms with Gasteiger partial charge in [-0.3, -0.25) is 0 Å². The summed E-state index contributed by atoms with van der Waals surface area (Å²) in [6.07, 6.45) is -4.61. The van der Waals surface area contributed by atoms with Gasteiger partial charge in [0.25, 0.3) is 0 Å². The molecular weight excluding hydrogens is 441 g/mol.